The quantitative estimate of drug-likeness (QED) is 0.828. The number of fused-ring (bicyclic) bond motifs is 3. The molecule has 0 saturated heterocycles. The summed E-state index contributed by atoms with van der Waals surface area (Å²) in [5.41, 5.74) is 1.17. The Bertz CT molecular complexity index is 885. The zero-order valence-electron chi connectivity index (χ0n) is 13.3. The van der Waals surface area contributed by atoms with Crippen LogP contribution in [0.5, 0.6) is 0 Å². The van der Waals surface area contributed by atoms with Crippen LogP contribution in [0.1, 0.15) is 27.2 Å². The van der Waals surface area contributed by atoms with Gasteiger partial charge in [-0.15, -0.1) is 0 Å². The van der Waals surface area contributed by atoms with Crippen molar-refractivity contribution in [2.45, 2.75) is 40.3 Å². The highest BCUT2D eigenvalue weighted by Gasteiger charge is 2.25. The molecular formula is C14H20N6O2. The molecule has 0 bridgehead atoms. The molecule has 0 saturated carbocycles. The summed E-state index contributed by atoms with van der Waals surface area (Å²) in [4.78, 5) is 29.4. The van der Waals surface area contributed by atoms with Gasteiger partial charge in [0.25, 0.3) is 5.56 Å². The predicted molar refractivity (Wildman–Crippen MR) is 85.7 cm³/mol. The van der Waals surface area contributed by atoms with Crippen molar-refractivity contribution in [3.63, 3.8) is 0 Å². The van der Waals surface area contributed by atoms with Crippen molar-refractivity contribution in [3.8, 4) is 0 Å². The standard InChI is InChI=1S/C14H20N6O2/c1-5-7-20-13-15-11-10(19(13)8-9(3)16-20)12(21)18(6-2)14(22)17(11)4/h5-8H2,1-4H3. The first-order chi connectivity index (χ1) is 10.5. The molecule has 0 amide bonds. The average Bonchev–Trinajstić information content (AvgIpc) is 2.85. The lowest BCUT2D eigenvalue weighted by molar-refractivity contribution is 0.634. The van der Waals surface area contributed by atoms with E-state index in [1.54, 1.807) is 19.0 Å². The molecule has 0 atom stereocenters. The summed E-state index contributed by atoms with van der Waals surface area (Å²) in [6, 6.07) is 0. The van der Waals surface area contributed by atoms with E-state index in [9.17, 15) is 9.59 Å². The molecule has 3 heterocycles. The number of hydrogen-bond donors (Lipinski definition) is 0. The zero-order valence-corrected chi connectivity index (χ0v) is 13.3. The van der Waals surface area contributed by atoms with E-state index >= 15 is 0 Å². The Kier molecular flexibility index (Phi) is 3.38. The van der Waals surface area contributed by atoms with Gasteiger partial charge < -0.3 is 0 Å². The molecule has 1 aliphatic heterocycles. The van der Waals surface area contributed by atoms with Gasteiger partial charge in [-0.1, -0.05) is 6.92 Å². The number of aromatic nitrogens is 4. The Labute approximate surface area is 127 Å². The minimum absolute atomic E-state index is 0.287. The minimum atomic E-state index is -0.338. The van der Waals surface area contributed by atoms with Crippen molar-refractivity contribution in [2.24, 2.45) is 12.1 Å². The van der Waals surface area contributed by atoms with Crippen LogP contribution in [0.3, 0.4) is 0 Å². The number of imidazole rings is 1. The van der Waals surface area contributed by atoms with Crippen LogP contribution in [0, 0.1) is 0 Å². The molecule has 0 spiro atoms. The third-order valence-corrected chi connectivity index (χ3v) is 3.87. The zero-order chi connectivity index (χ0) is 16.0. The largest absolute Gasteiger partial charge is 0.332 e. The van der Waals surface area contributed by atoms with Gasteiger partial charge in [0, 0.05) is 20.1 Å². The molecule has 8 heteroatoms. The lowest BCUT2D eigenvalue weighted by Gasteiger charge is -2.24. The van der Waals surface area contributed by atoms with E-state index in [1.165, 1.54) is 9.13 Å². The van der Waals surface area contributed by atoms with Gasteiger partial charge in [0.15, 0.2) is 11.2 Å². The van der Waals surface area contributed by atoms with Gasteiger partial charge in [0.2, 0.25) is 5.95 Å². The van der Waals surface area contributed by atoms with Gasteiger partial charge in [-0.2, -0.15) is 10.1 Å². The minimum Gasteiger partial charge on any atom is -0.297 e. The summed E-state index contributed by atoms with van der Waals surface area (Å²) in [6.45, 7) is 7.36. The summed E-state index contributed by atoms with van der Waals surface area (Å²) < 4.78 is 4.54. The third kappa shape index (κ3) is 1.90. The van der Waals surface area contributed by atoms with Crippen molar-refractivity contribution in [1.82, 2.24) is 18.7 Å². The van der Waals surface area contributed by atoms with Gasteiger partial charge >= 0.3 is 5.69 Å². The van der Waals surface area contributed by atoms with Gasteiger partial charge in [-0.05, 0) is 20.3 Å². The van der Waals surface area contributed by atoms with Gasteiger partial charge in [-0.3, -0.25) is 18.5 Å². The van der Waals surface area contributed by atoms with Crippen LogP contribution >= 0.6 is 0 Å². The molecule has 8 nitrogen and oxygen atoms in total. The van der Waals surface area contributed by atoms with Crippen LogP contribution in [-0.4, -0.2) is 30.9 Å². The lowest BCUT2D eigenvalue weighted by Crippen LogP contribution is -2.39. The summed E-state index contributed by atoms with van der Waals surface area (Å²) >= 11 is 0. The normalized spacial score (nSPS) is 14.4. The van der Waals surface area contributed by atoms with Gasteiger partial charge in [0.1, 0.15) is 0 Å². The third-order valence-electron chi connectivity index (χ3n) is 3.87. The lowest BCUT2D eigenvalue weighted by atomic mass is 10.3. The smallest absolute Gasteiger partial charge is 0.297 e. The molecule has 0 aromatic carbocycles. The highest BCUT2D eigenvalue weighted by atomic mass is 16.2. The first-order valence-corrected chi connectivity index (χ1v) is 7.51. The molecule has 0 unspecified atom stereocenters. The summed E-state index contributed by atoms with van der Waals surface area (Å²) in [5, 5.41) is 6.31. The van der Waals surface area contributed by atoms with E-state index < -0.39 is 0 Å². The molecule has 0 aliphatic carbocycles. The SMILES string of the molecule is CCCN1N=C(C)Cn2c1nc1c2c(=O)n(CC)c(=O)n1C. The number of hydrazone groups is 1. The van der Waals surface area contributed by atoms with Crippen molar-refractivity contribution >= 4 is 22.8 Å². The van der Waals surface area contributed by atoms with Gasteiger partial charge in [-0.25, -0.2) is 9.80 Å². The molecule has 0 radical (unpaired) electrons. The second-order valence-corrected chi connectivity index (χ2v) is 5.52. The Balaban J connectivity index is 2.39. The molecule has 1 aliphatic rings. The van der Waals surface area contributed by atoms with Crippen LogP contribution in [-0.2, 0) is 20.1 Å². The maximum atomic E-state index is 12.7. The Morgan fingerprint density at radius 1 is 1.23 bits per heavy atom. The molecule has 0 fully saturated rings. The highest BCUT2D eigenvalue weighted by molar-refractivity contribution is 5.87. The van der Waals surface area contributed by atoms with Crippen molar-refractivity contribution in [2.75, 3.05) is 11.6 Å². The summed E-state index contributed by atoms with van der Waals surface area (Å²) in [5.74, 6) is 0.628. The highest BCUT2D eigenvalue weighted by Crippen LogP contribution is 2.23. The molecule has 2 aromatic rings. The van der Waals surface area contributed by atoms with E-state index in [1.807, 2.05) is 11.5 Å². The average molecular weight is 304 g/mol. The van der Waals surface area contributed by atoms with Crippen LogP contribution < -0.4 is 16.3 Å². The number of nitrogens with zero attached hydrogens (tertiary/aromatic N) is 6. The molecule has 3 rings (SSSR count). The summed E-state index contributed by atoms with van der Waals surface area (Å²) in [6.07, 6.45) is 0.915. The maximum absolute atomic E-state index is 12.7. The topological polar surface area (TPSA) is 77.4 Å². The van der Waals surface area contributed by atoms with Crippen LogP contribution in [0.25, 0.3) is 11.2 Å². The predicted octanol–water partition coefficient (Wildman–Crippen LogP) is 0.522. The maximum Gasteiger partial charge on any atom is 0.332 e. The van der Waals surface area contributed by atoms with Gasteiger partial charge in [0.05, 0.1) is 12.3 Å². The number of hydrogen-bond acceptors (Lipinski definition) is 5. The van der Waals surface area contributed by atoms with E-state index in [0.29, 0.717) is 30.2 Å². The fourth-order valence-electron chi connectivity index (χ4n) is 2.86. The molecule has 0 N–H and O–H groups in total. The summed E-state index contributed by atoms with van der Waals surface area (Å²) in [7, 11) is 1.65. The molecule has 22 heavy (non-hydrogen) atoms. The van der Waals surface area contributed by atoms with Crippen molar-refractivity contribution in [3.05, 3.63) is 20.8 Å². The van der Waals surface area contributed by atoms with Crippen molar-refractivity contribution in [1.29, 1.82) is 0 Å². The molecular weight excluding hydrogens is 284 g/mol. The number of aryl methyl sites for hydroxylation is 1. The fraction of sp³-hybridized carbons (Fsp3) is 0.571. The Hall–Kier alpha value is -2.38. The van der Waals surface area contributed by atoms with E-state index in [0.717, 1.165) is 18.7 Å². The first kappa shape index (κ1) is 14.6. The molecule has 118 valence electrons. The monoisotopic (exact) mass is 304 g/mol. The van der Waals surface area contributed by atoms with Crippen LogP contribution in [0.4, 0.5) is 5.95 Å². The van der Waals surface area contributed by atoms with E-state index in [2.05, 4.69) is 17.0 Å². The fourth-order valence-corrected chi connectivity index (χ4v) is 2.86. The second kappa shape index (κ2) is 5.11. The van der Waals surface area contributed by atoms with Crippen molar-refractivity contribution < 1.29 is 0 Å². The number of anilines is 1. The van der Waals surface area contributed by atoms with E-state index in [-0.39, 0.29) is 11.2 Å². The Morgan fingerprint density at radius 3 is 2.59 bits per heavy atom. The second-order valence-electron chi connectivity index (χ2n) is 5.52. The number of rotatable bonds is 3. The first-order valence-electron chi connectivity index (χ1n) is 7.51. The Morgan fingerprint density at radius 2 is 1.95 bits per heavy atom. The molecule has 2 aromatic heterocycles. The van der Waals surface area contributed by atoms with E-state index in [4.69, 9.17) is 0 Å². The van der Waals surface area contributed by atoms with Crippen LogP contribution in [0.15, 0.2) is 14.7 Å². The van der Waals surface area contributed by atoms with Crippen LogP contribution in [0.2, 0.25) is 0 Å².